The SMILES string of the molecule is COc1cc(NC(=O)c2ccncc2)ccc1NS(C)(=O)=O. The Morgan fingerprint density at radius 1 is 1.18 bits per heavy atom. The Morgan fingerprint density at radius 2 is 1.86 bits per heavy atom. The van der Waals surface area contributed by atoms with E-state index < -0.39 is 10.0 Å². The van der Waals surface area contributed by atoms with Gasteiger partial charge < -0.3 is 10.1 Å². The highest BCUT2D eigenvalue weighted by Gasteiger charge is 2.11. The van der Waals surface area contributed by atoms with Gasteiger partial charge in [0.2, 0.25) is 10.0 Å². The Hall–Kier alpha value is -2.61. The molecule has 2 aromatic rings. The molecule has 0 saturated heterocycles. The number of hydrogen-bond acceptors (Lipinski definition) is 5. The van der Waals surface area contributed by atoms with Crippen LogP contribution in [0.25, 0.3) is 0 Å². The second-order valence-electron chi connectivity index (χ2n) is 4.48. The van der Waals surface area contributed by atoms with Crippen LogP contribution in [0.2, 0.25) is 0 Å². The van der Waals surface area contributed by atoms with Crippen molar-refractivity contribution in [3.05, 3.63) is 48.3 Å². The van der Waals surface area contributed by atoms with Crippen LogP contribution in [0.4, 0.5) is 11.4 Å². The molecule has 0 aliphatic rings. The average molecular weight is 321 g/mol. The summed E-state index contributed by atoms with van der Waals surface area (Å²) in [5, 5.41) is 2.70. The van der Waals surface area contributed by atoms with Crippen molar-refractivity contribution in [1.29, 1.82) is 0 Å². The number of carbonyl (C=O) groups is 1. The number of nitrogens with one attached hydrogen (secondary N) is 2. The monoisotopic (exact) mass is 321 g/mol. The second kappa shape index (κ2) is 6.44. The number of anilines is 2. The number of carbonyl (C=O) groups excluding carboxylic acids is 1. The van der Waals surface area contributed by atoms with Gasteiger partial charge in [0.15, 0.2) is 0 Å². The van der Waals surface area contributed by atoms with Crippen LogP contribution < -0.4 is 14.8 Å². The van der Waals surface area contributed by atoms with Crippen LogP contribution in [-0.2, 0) is 10.0 Å². The number of aromatic nitrogens is 1. The molecule has 2 N–H and O–H groups in total. The predicted octanol–water partition coefficient (Wildman–Crippen LogP) is 1.71. The summed E-state index contributed by atoms with van der Waals surface area (Å²) in [7, 11) is -2.00. The molecule has 1 amide bonds. The molecular weight excluding hydrogens is 306 g/mol. The molecule has 1 aromatic heterocycles. The minimum Gasteiger partial charge on any atom is -0.494 e. The van der Waals surface area contributed by atoms with Crippen LogP contribution in [0.5, 0.6) is 5.75 Å². The maximum atomic E-state index is 12.0. The zero-order valence-electron chi connectivity index (χ0n) is 12.0. The molecular formula is C14H15N3O4S. The lowest BCUT2D eigenvalue weighted by Gasteiger charge is -2.12. The lowest BCUT2D eigenvalue weighted by molar-refractivity contribution is 0.102. The first-order chi connectivity index (χ1) is 10.4. The van der Waals surface area contributed by atoms with E-state index in [1.807, 2.05) is 0 Å². The summed E-state index contributed by atoms with van der Waals surface area (Å²) in [6.45, 7) is 0. The topological polar surface area (TPSA) is 97.4 Å². The van der Waals surface area contributed by atoms with Gasteiger partial charge in [0.1, 0.15) is 5.75 Å². The lowest BCUT2D eigenvalue weighted by atomic mass is 10.2. The van der Waals surface area contributed by atoms with E-state index in [4.69, 9.17) is 4.74 Å². The fourth-order valence-corrected chi connectivity index (χ4v) is 2.33. The number of hydrogen-bond donors (Lipinski definition) is 2. The zero-order valence-corrected chi connectivity index (χ0v) is 12.8. The van der Waals surface area contributed by atoms with Gasteiger partial charge in [-0.2, -0.15) is 0 Å². The normalized spacial score (nSPS) is 10.8. The van der Waals surface area contributed by atoms with E-state index in [-0.39, 0.29) is 5.91 Å². The highest BCUT2D eigenvalue weighted by molar-refractivity contribution is 7.92. The standard InChI is InChI=1S/C14H15N3O4S/c1-21-13-9-11(3-4-12(13)17-22(2,19)20)16-14(18)10-5-7-15-8-6-10/h3-9,17H,1-2H3,(H,16,18). The van der Waals surface area contributed by atoms with Crippen molar-refractivity contribution in [2.45, 2.75) is 0 Å². The quantitative estimate of drug-likeness (QED) is 0.874. The van der Waals surface area contributed by atoms with Crippen molar-refractivity contribution in [1.82, 2.24) is 4.98 Å². The third kappa shape index (κ3) is 4.19. The minimum atomic E-state index is -3.41. The first kappa shape index (κ1) is 15.8. The average Bonchev–Trinajstić information content (AvgIpc) is 2.48. The van der Waals surface area contributed by atoms with E-state index in [9.17, 15) is 13.2 Å². The van der Waals surface area contributed by atoms with E-state index in [2.05, 4.69) is 15.0 Å². The third-order valence-corrected chi connectivity index (χ3v) is 3.29. The van der Waals surface area contributed by atoms with E-state index in [0.29, 0.717) is 22.7 Å². The molecule has 2 rings (SSSR count). The van der Waals surface area contributed by atoms with E-state index in [1.54, 1.807) is 18.2 Å². The van der Waals surface area contributed by atoms with Gasteiger partial charge in [-0.3, -0.25) is 14.5 Å². The number of rotatable bonds is 5. The van der Waals surface area contributed by atoms with Gasteiger partial charge in [0, 0.05) is 29.7 Å². The number of nitrogens with zero attached hydrogens (tertiary/aromatic N) is 1. The van der Waals surface area contributed by atoms with Gasteiger partial charge >= 0.3 is 0 Å². The molecule has 0 saturated carbocycles. The van der Waals surface area contributed by atoms with Crippen LogP contribution in [0.3, 0.4) is 0 Å². The smallest absolute Gasteiger partial charge is 0.255 e. The van der Waals surface area contributed by atoms with E-state index in [1.165, 1.54) is 31.6 Å². The van der Waals surface area contributed by atoms with Crippen molar-refractivity contribution >= 4 is 27.3 Å². The first-order valence-corrected chi connectivity index (χ1v) is 8.15. The Kier molecular flexibility index (Phi) is 4.62. The lowest BCUT2D eigenvalue weighted by Crippen LogP contribution is -2.13. The molecule has 116 valence electrons. The van der Waals surface area contributed by atoms with Crippen LogP contribution in [0.15, 0.2) is 42.7 Å². The first-order valence-electron chi connectivity index (χ1n) is 6.26. The number of pyridine rings is 1. The summed E-state index contributed by atoms with van der Waals surface area (Å²) in [6, 6.07) is 7.81. The van der Waals surface area contributed by atoms with Gasteiger partial charge in [-0.15, -0.1) is 0 Å². The summed E-state index contributed by atoms with van der Waals surface area (Å²) < 4.78 is 30.0. The second-order valence-corrected chi connectivity index (χ2v) is 6.23. The molecule has 0 unspecified atom stereocenters. The highest BCUT2D eigenvalue weighted by Crippen LogP contribution is 2.28. The molecule has 0 aliphatic heterocycles. The molecule has 0 bridgehead atoms. The fraction of sp³-hybridized carbons (Fsp3) is 0.143. The molecule has 22 heavy (non-hydrogen) atoms. The maximum Gasteiger partial charge on any atom is 0.255 e. The Bertz CT molecular complexity index is 776. The van der Waals surface area contributed by atoms with Crippen molar-refractivity contribution < 1.29 is 17.9 Å². The maximum absolute atomic E-state index is 12.0. The van der Waals surface area contributed by atoms with Gasteiger partial charge in [-0.1, -0.05) is 0 Å². The van der Waals surface area contributed by atoms with Crippen molar-refractivity contribution in [3.63, 3.8) is 0 Å². The summed E-state index contributed by atoms with van der Waals surface area (Å²) in [4.78, 5) is 15.9. The molecule has 0 fully saturated rings. The summed E-state index contributed by atoms with van der Waals surface area (Å²) >= 11 is 0. The molecule has 1 heterocycles. The number of sulfonamides is 1. The molecule has 0 atom stereocenters. The summed E-state index contributed by atoms with van der Waals surface area (Å²) in [6.07, 6.45) is 4.09. The van der Waals surface area contributed by atoms with Crippen molar-refractivity contribution in [2.75, 3.05) is 23.4 Å². The van der Waals surface area contributed by atoms with Gasteiger partial charge in [-0.25, -0.2) is 8.42 Å². The van der Waals surface area contributed by atoms with Crippen LogP contribution >= 0.6 is 0 Å². The Labute approximate surface area is 128 Å². The Balaban J connectivity index is 2.21. The number of methoxy groups -OCH3 is 1. The zero-order chi connectivity index (χ0) is 16.2. The van der Waals surface area contributed by atoms with Crippen molar-refractivity contribution in [2.24, 2.45) is 0 Å². The molecule has 0 spiro atoms. The minimum absolute atomic E-state index is 0.298. The third-order valence-electron chi connectivity index (χ3n) is 2.70. The van der Waals surface area contributed by atoms with E-state index >= 15 is 0 Å². The fourth-order valence-electron chi connectivity index (χ4n) is 1.76. The molecule has 8 heteroatoms. The number of benzene rings is 1. The highest BCUT2D eigenvalue weighted by atomic mass is 32.2. The molecule has 1 aromatic carbocycles. The molecule has 7 nitrogen and oxygen atoms in total. The molecule has 0 radical (unpaired) electrons. The van der Waals surface area contributed by atoms with E-state index in [0.717, 1.165) is 6.26 Å². The number of amides is 1. The largest absolute Gasteiger partial charge is 0.494 e. The summed E-state index contributed by atoms with van der Waals surface area (Å²) in [5.74, 6) is 0.00577. The predicted molar refractivity (Wildman–Crippen MR) is 83.7 cm³/mol. The molecule has 0 aliphatic carbocycles. The number of ether oxygens (including phenoxy) is 1. The van der Waals surface area contributed by atoms with Crippen LogP contribution in [-0.4, -0.2) is 32.7 Å². The van der Waals surface area contributed by atoms with Gasteiger partial charge in [0.25, 0.3) is 5.91 Å². The summed E-state index contributed by atoms with van der Waals surface area (Å²) in [5.41, 5.74) is 1.25. The van der Waals surface area contributed by atoms with Gasteiger partial charge in [0.05, 0.1) is 19.1 Å². The Morgan fingerprint density at radius 3 is 2.45 bits per heavy atom. The van der Waals surface area contributed by atoms with Crippen LogP contribution in [0.1, 0.15) is 10.4 Å². The van der Waals surface area contributed by atoms with Gasteiger partial charge in [-0.05, 0) is 24.3 Å². The van der Waals surface area contributed by atoms with Crippen LogP contribution in [0, 0.1) is 0 Å². The van der Waals surface area contributed by atoms with Crippen molar-refractivity contribution in [3.8, 4) is 5.75 Å².